The first-order chi connectivity index (χ1) is 10.1. The molecule has 1 fully saturated rings. The summed E-state index contributed by atoms with van der Waals surface area (Å²) in [6, 6.07) is 7.12. The van der Waals surface area contributed by atoms with Crippen LogP contribution in [0.5, 0.6) is 0 Å². The molecule has 1 heterocycles. The Hall–Kier alpha value is -1.88. The van der Waals surface area contributed by atoms with Crippen molar-refractivity contribution >= 4 is 17.5 Å². The van der Waals surface area contributed by atoms with Crippen molar-refractivity contribution in [2.24, 2.45) is 5.92 Å². The van der Waals surface area contributed by atoms with Gasteiger partial charge in [-0.2, -0.15) is 0 Å². The fourth-order valence-electron chi connectivity index (χ4n) is 2.49. The maximum absolute atomic E-state index is 12.6. The largest absolute Gasteiger partial charge is 0.380 e. The molecule has 5 heteroatoms. The number of hydrogen-bond acceptors (Lipinski definition) is 3. The van der Waals surface area contributed by atoms with Gasteiger partial charge in [-0.25, -0.2) is 0 Å². The maximum atomic E-state index is 12.6. The average Bonchev–Trinajstić information content (AvgIpc) is 2.49. The molecule has 2 unspecified atom stereocenters. The van der Waals surface area contributed by atoms with E-state index in [-0.39, 0.29) is 24.3 Å². The Labute approximate surface area is 125 Å². The maximum Gasteiger partial charge on any atom is 0.250 e. The Morgan fingerprint density at radius 3 is 2.86 bits per heavy atom. The Morgan fingerprint density at radius 2 is 2.19 bits per heavy atom. The highest BCUT2D eigenvalue weighted by Gasteiger charge is 2.36. The van der Waals surface area contributed by atoms with E-state index in [9.17, 15) is 9.59 Å². The molecule has 0 saturated carbocycles. The number of carbonyl (C=O) groups is 2. The number of rotatable bonds is 5. The second-order valence-corrected chi connectivity index (χ2v) is 5.46. The van der Waals surface area contributed by atoms with E-state index in [0.717, 1.165) is 17.7 Å². The van der Waals surface area contributed by atoms with Crippen LogP contribution in [0, 0.1) is 5.92 Å². The lowest BCUT2D eigenvalue weighted by Crippen LogP contribution is -2.60. The minimum absolute atomic E-state index is 0.0430. The number of nitrogens with one attached hydrogen (secondary N) is 1. The van der Waals surface area contributed by atoms with Crippen LogP contribution in [-0.4, -0.2) is 31.5 Å². The van der Waals surface area contributed by atoms with Gasteiger partial charge in [-0.05, 0) is 23.6 Å². The predicted molar refractivity (Wildman–Crippen MR) is 80.9 cm³/mol. The van der Waals surface area contributed by atoms with Crippen molar-refractivity contribution in [3.8, 4) is 0 Å². The van der Waals surface area contributed by atoms with E-state index in [4.69, 9.17) is 4.74 Å². The first-order valence-corrected chi connectivity index (χ1v) is 7.25. The number of ether oxygens (including phenoxy) is 1. The second-order valence-electron chi connectivity index (χ2n) is 5.46. The molecule has 0 spiro atoms. The summed E-state index contributed by atoms with van der Waals surface area (Å²) in [5.41, 5.74) is 1.73. The SMILES string of the molecule is CCC(C)C1NC(=O)CN(c2cccc(COC)c2)C1=O. The van der Waals surface area contributed by atoms with E-state index in [1.807, 2.05) is 38.1 Å². The molecule has 2 atom stereocenters. The van der Waals surface area contributed by atoms with Crippen molar-refractivity contribution in [3.63, 3.8) is 0 Å². The van der Waals surface area contributed by atoms with Gasteiger partial charge in [0.1, 0.15) is 12.6 Å². The smallest absolute Gasteiger partial charge is 0.250 e. The lowest BCUT2D eigenvalue weighted by molar-refractivity contribution is -0.132. The number of nitrogens with zero attached hydrogens (tertiary/aromatic N) is 1. The monoisotopic (exact) mass is 290 g/mol. The highest BCUT2D eigenvalue weighted by molar-refractivity contribution is 6.06. The molecule has 1 aromatic carbocycles. The molecule has 1 saturated heterocycles. The van der Waals surface area contributed by atoms with Crippen LogP contribution in [0.15, 0.2) is 24.3 Å². The van der Waals surface area contributed by atoms with E-state index < -0.39 is 6.04 Å². The van der Waals surface area contributed by atoms with E-state index in [2.05, 4.69) is 5.32 Å². The molecule has 21 heavy (non-hydrogen) atoms. The average molecular weight is 290 g/mol. The quantitative estimate of drug-likeness (QED) is 0.898. The Morgan fingerprint density at radius 1 is 1.43 bits per heavy atom. The molecule has 2 amide bonds. The summed E-state index contributed by atoms with van der Waals surface area (Å²) in [7, 11) is 1.63. The third kappa shape index (κ3) is 3.42. The van der Waals surface area contributed by atoms with Gasteiger partial charge in [-0.15, -0.1) is 0 Å². The fourth-order valence-corrected chi connectivity index (χ4v) is 2.49. The lowest BCUT2D eigenvalue weighted by Gasteiger charge is -2.35. The number of anilines is 1. The summed E-state index contributed by atoms with van der Waals surface area (Å²) in [6.45, 7) is 4.55. The molecule has 1 aromatic rings. The first-order valence-electron chi connectivity index (χ1n) is 7.25. The molecule has 0 aliphatic carbocycles. The molecule has 0 bridgehead atoms. The topological polar surface area (TPSA) is 58.6 Å². The zero-order valence-corrected chi connectivity index (χ0v) is 12.8. The molecule has 114 valence electrons. The van der Waals surface area contributed by atoms with E-state index >= 15 is 0 Å². The van der Waals surface area contributed by atoms with E-state index in [1.165, 1.54) is 0 Å². The third-order valence-corrected chi connectivity index (χ3v) is 3.90. The highest BCUT2D eigenvalue weighted by atomic mass is 16.5. The predicted octanol–water partition coefficient (Wildman–Crippen LogP) is 1.71. The summed E-state index contributed by atoms with van der Waals surface area (Å²) < 4.78 is 5.11. The third-order valence-electron chi connectivity index (χ3n) is 3.90. The minimum Gasteiger partial charge on any atom is -0.380 e. The van der Waals surface area contributed by atoms with Crippen LogP contribution in [0.4, 0.5) is 5.69 Å². The fraction of sp³-hybridized carbons (Fsp3) is 0.500. The second kappa shape index (κ2) is 6.72. The summed E-state index contributed by atoms with van der Waals surface area (Å²) in [6.07, 6.45) is 0.842. The Kier molecular flexibility index (Phi) is 4.96. The summed E-state index contributed by atoms with van der Waals surface area (Å²) in [5.74, 6) is -0.0398. The van der Waals surface area contributed by atoms with Crippen LogP contribution in [-0.2, 0) is 20.9 Å². The van der Waals surface area contributed by atoms with E-state index in [1.54, 1.807) is 12.0 Å². The molecule has 2 rings (SSSR count). The molecule has 1 aliphatic rings. The van der Waals surface area contributed by atoms with Crippen molar-refractivity contribution in [2.75, 3.05) is 18.6 Å². The minimum atomic E-state index is -0.442. The molecular weight excluding hydrogens is 268 g/mol. The molecule has 0 radical (unpaired) electrons. The summed E-state index contributed by atoms with van der Waals surface area (Å²) >= 11 is 0. The van der Waals surface area contributed by atoms with Gasteiger partial charge in [0.15, 0.2) is 0 Å². The van der Waals surface area contributed by atoms with Gasteiger partial charge >= 0.3 is 0 Å². The van der Waals surface area contributed by atoms with Crippen LogP contribution in [0.3, 0.4) is 0 Å². The zero-order chi connectivity index (χ0) is 15.4. The molecular formula is C16H22N2O3. The van der Waals surface area contributed by atoms with Crippen LogP contribution in [0.25, 0.3) is 0 Å². The van der Waals surface area contributed by atoms with Gasteiger partial charge in [0.2, 0.25) is 11.8 Å². The van der Waals surface area contributed by atoms with Crippen LogP contribution < -0.4 is 10.2 Å². The summed E-state index contributed by atoms with van der Waals surface area (Å²) in [4.78, 5) is 26.1. The molecule has 1 aliphatic heterocycles. The standard InChI is InChI=1S/C16H22N2O3/c1-4-11(2)15-16(20)18(9-14(19)17-15)13-7-5-6-12(8-13)10-21-3/h5-8,11,15H,4,9-10H2,1-3H3,(H,17,19). The van der Waals surface area contributed by atoms with Gasteiger partial charge in [0.05, 0.1) is 6.61 Å². The van der Waals surface area contributed by atoms with Gasteiger partial charge < -0.3 is 15.0 Å². The Balaban J connectivity index is 2.27. The number of carbonyl (C=O) groups excluding carboxylic acids is 2. The van der Waals surface area contributed by atoms with Gasteiger partial charge in [-0.3, -0.25) is 9.59 Å². The van der Waals surface area contributed by atoms with Crippen molar-refractivity contribution in [1.82, 2.24) is 5.32 Å². The number of piperazine rings is 1. The summed E-state index contributed by atoms with van der Waals surface area (Å²) in [5, 5.41) is 2.80. The van der Waals surface area contributed by atoms with Crippen molar-refractivity contribution < 1.29 is 14.3 Å². The molecule has 5 nitrogen and oxygen atoms in total. The van der Waals surface area contributed by atoms with Crippen molar-refractivity contribution in [2.45, 2.75) is 32.9 Å². The first kappa shape index (κ1) is 15.5. The van der Waals surface area contributed by atoms with Crippen LogP contribution in [0.2, 0.25) is 0 Å². The lowest BCUT2D eigenvalue weighted by atomic mass is 9.96. The number of hydrogen-bond donors (Lipinski definition) is 1. The van der Waals surface area contributed by atoms with Crippen LogP contribution in [0.1, 0.15) is 25.8 Å². The highest BCUT2D eigenvalue weighted by Crippen LogP contribution is 2.22. The normalized spacial score (nSPS) is 20.3. The number of amides is 2. The zero-order valence-electron chi connectivity index (χ0n) is 12.8. The molecule has 0 aromatic heterocycles. The number of benzene rings is 1. The van der Waals surface area contributed by atoms with Gasteiger partial charge in [-0.1, -0.05) is 32.4 Å². The van der Waals surface area contributed by atoms with Crippen LogP contribution >= 0.6 is 0 Å². The Bertz CT molecular complexity index is 530. The van der Waals surface area contributed by atoms with Crippen molar-refractivity contribution in [1.29, 1.82) is 0 Å². The van der Waals surface area contributed by atoms with E-state index in [0.29, 0.717) is 6.61 Å². The van der Waals surface area contributed by atoms with Gasteiger partial charge in [0.25, 0.3) is 0 Å². The van der Waals surface area contributed by atoms with Gasteiger partial charge in [0, 0.05) is 12.8 Å². The van der Waals surface area contributed by atoms with Crippen molar-refractivity contribution in [3.05, 3.63) is 29.8 Å². The molecule has 1 N–H and O–H groups in total. The number of methoxy groups -OCH3 is 1.